The molecule has 0 aliphatic carbocycles. The Bertz CT molecular complexity index is 1430. The summed E-state index contributed by atoms with van der Waals surface area (Å²) in [6, 6.07) is 19.9. The van der Waals surface area contributed by atoms with Gasteiger partial charge in [0, 0.05) is 26.2 Å². The lowest BCUT2D eigenvalue weighted by molar-refractivity contribution is -0.134. The van der Waals surface area contributed by atoms with Crippen molar-refractivity contribution in [2.24, 2.45) is 0 Å². The largest absolute Gasteiger partial charge is 0.450 e. The van der Waals surface area contributed by atoms with Crippen LogP contribution in [0.4, 0.5) is 4.79 Å². The van der Waals surface area contributed by atoms with Crippen molar-refractivity contribution in [2.45, 2.75) is 24.3 Å². The first kappa shape index (κ1) is 26.1. The highest BCUT2D eigenvalue weighted by Gasteiger charge is 2.32. The van der Waals surface area contributed by atoms with E-state index in [1.54, 1.807) is 48.2 Å². The molecule has 1 fully saturated rings. The van der Waals surface area contributed by atoms with E-state index in [1.165, 1.54) is 11.0 Å². The quantitative estimate of drug-likeness (QED) is 0.512. The molecule has 0 aromatic heterocycles. The monoisotopic (exact) mass is 520 g/mol. The normalized spacial score (nSPS) is 14.7. The fourth-order valence-electron chi connectivity index (χ4n) is 4.26. The summed E-state index contributed by atoms with van der Waals surface area (Å²) in [5.41, 5.74) is 1.18. The van der Waals surface area contributed by atoms with E-state index in [0.717, 1.165) is 10.8 Å². The number of sulfonamides is 1. The summed E-state index contributed by atoms with van der Waals surface area (Å²) in [5.74, 6) is -0.378. The Kier molecular flexibility index (Phi) is 8.06. The van der Waals surface area contributed by atoms with Crippen molar-refractivity contribution in [3.05, 3.63) is 77.9 Å². The van der Waals surface area contributed by atoms with Crippen LogP contribution in [0, 0.1) is 11.3 Å². The van der Waals surface area contributed by atoms with Gasteiger partial charge in [-0.15, -0.1) is 0 Å². The molecule has 10 heteroatoms. The molecule has 0 bridgehead atoms. The number of carbonyl (C=O) groups excluding carboxylic acids is 2. The average molecular weight is 521 g/mol. The highest BCUT2D eigenvalue weighted by Crippen LogP contribution is 2.20. The molecule has 1 aliphatic rings. The Balaban J connectivity index is 1.56. The van der Waals surface area contributed by atoms with Crippen molar-refractivity contribution in [3.8, 4) is 6.07 Å². The van der Waals surface area contributed by atoms with Gasteiger partial charge >= 0.3 is 6.09 Å². The van der Waals surface area contributed by atoms with Crippen molar-refractivity contribution in [1.29, 1.82) is 5.26 Å². The first-order valence-electron chi connectivity index (χ1n) is 12.0. The molecule has 1 atom stereocenters. The lowest BCUT2D eigenvalue weighted by atomic mass is 10.0. The van der Waals surface area contributed by atoms with Crippen LogP contribution in [0.25, 0.3) is 10.8 Å². The maximum atomic E-state index is 13.6. The third-order valence-electron chi connectivity index (χ3n) is 6.27. The molecule has 0 saturated carbocycles. The Hall–Kier alpha value is -3.94. The third-order valence-corrected chi connectivity index (χ3v) is 7.74. The zero-order valence-corrected chi connectivity index (χ0v) is 21.3. The van der Waals surface area contributed by atoms with Crippen molar-refractivity contribution in [1.82, 2.24) is 14.5 Å². The molecule has 2 amide bonds. The maximum Gasteiger partial charge on any atom is 0.409 e. The minimum atomic E-state index is -4.03. The molecular formula is C27H28N4O5S. The number of benzene rings is 3. The van der Waals surface area contributed by atoms with E-state index >= 15 is 0 Å². The zero-order valence-electron chi connectivity index (χ0n) is 20.5. The van der Waals surface area contributed by atoms with Crippen LogP contribution in [0.5, 0.6) is 0 Å². The lowest BCUT2D eigenvalue weighted by Gasteiger charge is -2.36. The number of hydrogen-bond acceptors (Lipinski definition) is 6. The van der Waals surface area contributed by atoms with Gasteiger partial charge in [0.05, 0.1) is 23.1 Å². The molecule has 192 valence electrons. The summed E-state index contributed by atoms with van der Waals surface area (Å²) in [6.07, 6.45) is -0.323. The summed E-state index contributed by atoms with van der Waals surface area (Å²) < 4.78 is 34.4. The van der Waals surface area contributed by atoms with Crippen LogP contribution < -0.4 is 4.72 Å². The lowest BCUT2D eigenvalue weighted by Crippen LogP contribution is -2.56. The van der Waals surface area contributed by atoms with Gasteiger partial charge in [0.25, 0.3) is 0 Å². The average Bonchev–Trinajstić information content (AvgIpc) is 2.92. The van der Waals surface area contributed by atoms with Gasteiger partial charge in [-0.3, -0.25) is 4.79 Å². The van der Waals surface area contributed by atoms with Crippen molar-refractivity contribution >= 4 is 32.8 Å². The number of nitrogens with one attached hydrogen (secondary N) is 1. The van der Waals surface area contributed by atoms with Crippen molar-refractivity contribution in [2.75, 3.05) is 32.8 Å². The molecule has 3 aromatic carbocycles. The van der Waals surface area contributed by atoms with Crippen LogP contribution in [0.1, 0.15) is 18.1 Å². The van der Waals surface area contributed by atoms with Crippen LogP contribution in [-0.2, 0) is 26.0 Å². The third kappa shape index (κ3) is 6.25. The molecule has 1 saturated heterocycles. The number of piperazine rings is 1. The minimum absolute atomic E-state index is 0.0657. The molecule has 9 nitrogen and oxygen atoms in total. The highest BCUT2D eigenvalue weighted by molar-refractivity contribution is 7.89. The molecular weight excluding hydrogens is 492 g/mol. The van der Waals surface area contributed by atoms with E-state index in [4.69, 9.17) is 10.00 Å². The standard InChI is InChI=1S/C27H28N4O5S/c1-2-36-27(33)31-15-13-30(14-16-31)26(32)25(17-20-7-9-21(19-28)10-8-20)29-37(34,35)24-12-11-22-5-3-4-6-23(22)18-24/h3-12,18,25,29H,2,13-17H2,1H3. The topological polar surface area (TPSA) is 120 Å². The molecule has 4 rings (SSSR count). The summed E-state index contributed by atoms with van der Waals surface area (Å²) in [6.45, 7) is 3.11. The van der Waals surface area contributed by atoms with Gasteiger partial charge in [-0.2, -0.15) is 9.98 Å². The molecule has 1 N–H and O–H groups in total. The maximum absolute atomic E-state index is 13.6. The van der Waals surface area contributed by atoms with E-state index in [0.29, 0.717) is 24.2 Å². The first-order valence-corrected chi connectivity index (χ1v) is 13.5. The number of hydrogen-bond donors (Lipinski definition) is 1. The van der Waals surface area contributed by atoms with Gasteiger partial charge < -0.3 is 14.5 Å². The molecule has 1 heterocycles. The highest BCUT2D eigenvalue weighted by atomic mass is 32.2. The fourth-order valence-corrected chi connectivity index (χ4v) is 5.49. The van der Waals surface area contributed by atoms with Crippen molar-refractivity contribution < 1.29 is 22.7 Å². The summed E-state index contributed by atoms with van der Waals surface area (Å²) >= 11 is 0. The first-order chi connectivity index (χ1) is 17.8. The van der Waals surface area contributed by atoms with E-state index in [-0.39, 0.29) is 36.9 Å². The molecule has 1 aliphatic heterocycles. The van der Waals surface area contributed by atoms with Gasteiger partial charge in [0.15, 0.2) is 0 Å². The second kappa shape index (κ2) is 11.4. The molecule has 0 radical (unpaired) electrons. The molecule has 3 aromatic rings. The Labute approximate surface area is 216 Å². The Morgan fingerprint density at radius 1 is 0.973 bits per heavy atom. The Morgan fingerprint density at radius 3 is 2.27 bits per heavy atom. The second-order valence-electron chi connectivity index (χ2n) is 8.71. The van der Waals surface area contributed by atoms with Crippen LogP contribution in [0.3, 0.4) is 0 Å². The second-order valence-corrected chi connectivity index (χ2v) is 10.4. The fraction of sp³-hybridized carbons (Fsp3) is 0.296. The number of carbonyl (C=O) groups is 2. The predicted molar refractivity (Wildman–Crippen MR) is 138 cm³/mol. The number of amides is 2. The molecule has 37 heavy (non-hydrogen) atoms. The van der Waals surface area contributed by atoms with Crippen LogP contribution in [0.2, 0.25) is 0 Å². The number of fused-ring (bicyclic) bond motifs is 1. The van der Waals surface area contributed by atoms with E-state index in [1.807, 2.05) is 30.3 Å². The van der Waals surface area contributed by atoms with E-state index < -0.39 is 22.2 Å². The number of nitrogens with zero attached hydrogens (tertiary/aromatic N) is 3. The molecule has 0 spiro atoms. The van der Waals surface area contributed by atoms with Crippen LogP contribution in [-0.4, -0.2) is 69.0 Å². The van der Waals surface area contributed by atoms with Crippen LogP contribution in [0.15, 0.2) is 71.6 Å². The number of ether oxygens (including phenoxy) is 1. The van der Waals surface area contributed by atoms with Gasteiger partial charge in [0.1, 0.15) is 6.04 Å². The van der Waals surface area contributed by atoms with E-state index in [2.05, 4.69) is 4.72 Å². The predicted octanol–water partition coefficient (Wildman–Crippen LogP) is 2.90. The summed E-state index contributed by atoms with van der Waals surface area (Å²) in [5, 5.41) is 10.8. The van der Waals surface area contributed by atoms with Gasteiger partial charge in [0.2, 0.25) is 15.9 Å². The summed E-state index contributed by atoms with van der Waals surface area (Å²) in [4.78, 5) is 28.7. The summed E-state index contributed by atoms with van der Waals surface area (Å²) in [7, 11) is -4.03. The van der Waals surface area contributed by atoms with E-state index in [9.17, 15) is 18.0 Å². The van der Waals surface area contributed by atoms with Gasteiger partial charge in [-0.05, 0) is 53.9 Å². The SMILES string of the molecule is CCOC(=O)N1CCN(C(=O)C(Cc2ccc(C#N)cc2)NS(=O)(=O)c2ccc3ccccc3c2)CC1. The zero-order chi connectivity index (χ0) is 26.4. The smallest absolute Gasteiger partial charge is 0.409 e. The molecule has 1 unspecified atom stereocenters. The number of nitriles is 1. The number of rotatable bonds is 7. The minimum Gasteiger partial charge on any atom is -0.450 e. The van der Waals surface area contributed by atoms with Gasteiger partial charge in [-0.25, -0.2) is 13.2 Å². The van der Waals surface area contributed by atoms with Crippen LogP contribution >= 0.6 is 0 Å². The Morgan fingerprint density at radius 2 is 1.62 bits per heavy atom. The van der Waals surface area contributed by atoms with Gasteiger partial charge in [-0.1, -0.05) is 42.5 Å². The van der Waals surface area contributed by atoms with Crippen molar-refractivity contribution in [3.63, 3.8) is 0 Å².